The van der Waals surface area contributed by atoms with Crippen molar-refractivity contribution in [2.45, 2.75) is 39.0 Å². The number of hydrogen-bond acceptors (Lipinski definition) is 3. The van der Waals surface area contributed by atoms with Gasteiger partial charge in [0.2, 0.25) is 0 Å². The van der Waals surface area contributed by atoms with E-state index in [-0.39, 0.29) is 40.7 Å². The molecule has 33 heavy (non-hydrogen) atoms. The third kappa shape index (κ3) is 6.97. The molecule has 172 valence electrons. The van der Waals surface area contributed by atoms with E-state index in [1.807, 2.05) is 0 Å². The Morgan fingerprint density at radius 3 is 1.30 bits per heavy atom. The van der Waals surface area contributed by atoms with Crippen LogP contribution in [0.5, 0.6) is 0 Å². The first-order valence-electron chi connectivity index (χ1n) is 10.4. The second-order valence-corrected chi connectivity index (χ2v) is 7.69. The SMILES string of the molecule is CC(=O)C(c1ccccc1F)C(C(C)=O)c1ccccc1F.CC(=O)Cc1ccccc1F. The lowest BCUT2D eigenvalue weighted by Gasteiger charge is -2.24. The highest BCUT2D eigenvalue weighted by atomic mass is 19.1. The first-order chi connectivity index (χ1) is 15.6. The monoisotopic (exact) mass is 454 g/mol. The number of carbonyl (C=O) groups excluding carboxylic acids is 3. The average molecular weight is 454 g/mol. The summed E-state index contributed by atoms with van der Waals surface area (Å²) < 4.78 is 41.0. The van der Waals surface area contributed by atoms with Gasteiger partial charge in [-0.15, -0.1) is 0 Å². The number of rotatable bonds is 7. The molecule has 0 aliphatic rings. The van der Waals surface area contributed by atoms with Crippen LogP contribution in [0, 0.1) is 17.5 Å². The van der Waals surface area contributed by atoms with Crippen molar-refractivity contribution in [1.82, 2.24) is 0 Å². The number of ketones is 3. The van der Waals surface area contributed by atoms with E-state index >= 15 is 0 Å². The molecule has 0 radical (unpaired) electrons. The van der Waals surface area contributed by atoms with Crippen LogP contribution in [0.15, 0.2) is 72.8 Å². The fraction of sp³-hybridized carbons (Fsp3) is 0.222. The lowest BCUT2D eigenvalue weighted by molar-refractivity contribution is -0.125. The Labute approximate surface area is 191 Å². The molecule has 0 aromatic heterocycles. The Hall–Kier alpha value is -3.54. The van der Waals surface area contributed by atoms with Gasteiger partial charge in [-0.2, -0.15) is 0 Å². The zero-order valence-electron chi connectivity index (χ0n) is 18.6. The minimum atomic E-state index is -1.05. The molecule has 0 spiro atoms. The van der Waals surface area contributed by atoms with Crippen molar-refractivity contribution in [1.29, 1.82) is 0 Å². The maximum absolute atomic E-state index is 14.1. The molecule has 3 aromatic carbocycles. The van der Waals surface area contributed by atoms with Crippen LogP contribution in [-0.4, -0.2) is 17.3 Å². The largest absolute Gasteiger partial charge is 0.300 e. The van der Waals surface area contributed by atoms with Gasteiger partial charge in [-0.25, -0.2) is 13.2 Å². The summed E-state index contributed by atoms with van der Waals surface area (Å²) in [6, 6.07) is 17.9. The van der Waals surface area contributed by atoms with Gasteiger partial charge >= 0.3 is 0 Å². The Balaban J connectivity index is 0.000000294. The number of hydrogen-bond donors (Lipinski definition) is 0. The first kappa shape index (κ1) is 25.7. The third-order valence-electron chi connectivity index (χ3n) is 5.09. The molecule has 0 aliphatic heterocycles. The second-order valence-electron chi connectivity index (χ2n) is 7.69. The summed E-state index contributed by atoms with van der Waals surface area (Å²) >= 11 is 0. The second kappa shape index (κ2) is 11.9. The summed E-state index contributed by atoms with van der Waals surface area (Å²) in [5, 5.41) is 0. The Morgan fingerprint density at radius 2 is 0.970 bits per heavy atom. The van der Waals surface area contributed by atoms with Crippen molar-refractivity contribution in [3.05, 3.63) is 107 Å². The number of carbonyl (C=O) groups is 3. The van der Waals surface area contributed by atoms with Crippen LogP contribution < -0.4 is 0 Å². The summed E-state index contributed by atoms with van der Waals surface area (Å²) in [6.07, 6.45) is 0.187. The average Bonchev–Trinajstić information content (AvgIpc) is 2.75. The van der Waals surface area contributed by atoms with Crippen LogP contribution in [0.1, 0.15) is 49.3 Å². The van der Waals surface area contributed by atoms with E-state index in [2.05, 4.69) is 0 Å². The van der Waals surface area contributed by atoms with E-state index in [0.717, 1.165) is 0 Å². The fourth-order valence-corrected chi connectivity index (χ4v) is 3.63. The molecule has 3 rings (SSSR count). The molecule has 2 unspecified atom stereocenters. The van der Waals surface area contributed by atoms with Crippen LogP contribution >= 0.6 is 0 Å². The maximum Gasteiger partial charge on any atom is 0.138 e. The standard InChI is InChI=1S/C18H16F2O2.C9H9FO/c1-11(21)17(13-7-3-5-9-15(13)19)18(12(2)22)14-8-4-6-10-16(14)20;1-7(11)6-8-4-2-3-5-9(8)10/h3-10,17-18H,1-2H3;2-5H,6H2,1H3. The number of Topliss-reactive ketones (excluding diaryl/α,β-unsaturated/α-hetero) is 3. The van der Waals surface area contributed by atoms with Crippen LogP contribution in [0.25, 0.3) is 0 Å². The third-order valence-corrected chi connectivity index (χ3v) is 5.09. The van der Waals surface area contributed by atoms with Gasteiger partial charge in [0, 0.05) is 6.42 Å². The number of halogens is 3. The van der Waals surface area contributed by atoms with E-state index in [9.17, 15) is 27.6 Å². The highest BCUT2D eigenvalue weighted by Gasteiger charge is 2.35. The summed E-state index contributed by atoms with van der Waals surface area (Å²) in [7, 11) is 0. The normalized spacial score (nSPS) is 12.2. The highest BCUT2D eigenvalue weighted by molar-refractivity contribution is 5.94. The number of benzene rings is 3. The van der Waals surface area contributed by atoms with E-state index in [1.165, 1.54) is 63.2 Å². The molecule has 0 saturated carbocycles. The summed E-state index contributed by atoms with van der Waals surface area (Å²) in [5.74, 6) is -4.33. The van der Waals surface area contributed by atoms with Gasteiger partial charge in [-0.3, -0.25) is 14.4 Å². The summed E-state index contributed by atoms with van der Waals surface area (Å²) in [4.78, 5) is 34.8. The molecular formula is C27H25F3O3. The molecule has 3 nitrogen and oxygen atoms in total. The molecule has 0 N–H and O–H groups in total. The van der Waals surface area contributed by atoms with Gasteiger partial charge in [-0.1, -0.05) is 54.6 Å². The predicted octanol–water partition coefficient (Wildman–Crippen LogP) is 5.97. The van der Waals surface area contributed by atoms with E-state index in [1.54, 1.807) is 30.3 Å². The van der Waals surface area contributed by atoms with E-state index in [4.69, 9.17) is 0 Å². The zero-order valence-corrected chi connectivity index (χ0v) is 18.6. The molecule has 0 aliphatic carbocycles. The van der Waals surface area contributed by atoms with E-state index in [0.29, 0.717) is 5.56 Å². The zero-order chi connectivity index (χ0) is 24.5. The predicted molar refractivity (Wildman–Crippen MR) is 120 cm³/mol. The Morgan fingerprint density at radius 1 is 0.606 bits per heavy atom. The van der Waals surface area contributed by atoms with Crippen molar-refractivity contribution >= 4 is 17.3 Å². The molecule has 0 amide bonds. The van der Waals surface area contributed by atoms with Gasteiger partial charge in [0.15, 0.2) is 0 Å². The van der Waals surface area contributed by atoms with E-state index < -0.39 is 23.5 Å². The maximum atomic E-state index is 14.1. The highest BCUT2D eigenvalue weighted by Crippen LogP contribution is 2.37. The van der Waals surface area contributed by atoms with Gasteiger partial charge in [-0.05, 0) is 55.7 Å². The van der Waals surface area contributed by atoms with Crippen molar-refractivity contribution in [3.63, 3.8) is 0 Å². The van der Waals surface area contributed by atoms with Crippen LogP contribution in [0.2, 0.25) is 0 Å². The lowest BCUT2D eigenvalue weighted by atomic mass is 9.77. The minimum Gasteiger partial charge on any atom is -0.300 e. The van der Waals surface area contributed by atoms with Gasteiger partial charge in [0.25, 0.3) is 0 Å². The molecule has 0 bridgehead atoms. The summed E-state index contributed by atoms with van der Waals surface area (Å²) in [6.45, 7) is 4.02. The molecule has 0 saturated heterocycles. The lowest BCUT2D eigenvalue weighted by Crippen LogP contribution is -2.25. The topological polar surface area (TPSA) is 51.2 Å². The van der Waals surface area contributed by atoms with Crippen molar-refractivity contribution in [3.8, 4) is 0 Å². The molecule has 0 fully saturated rings. The van der Waals surface area contributed by atoms with Crippen molar-refractivity contribution in [2.24, 2.45) is 0 Å². The molecule has 2 atom stereocenters. The van der Waals surface area contributed by atoms with Crippen molar-refractivity contribution < 1.29 is 27.6 Å². The molecular weight excluding hydrogens is 429 g/mol. The van der Waals surface area contributed by atoms with Crippen LogP contribution in [-0.2, 0) is 20.8 Å². The molecule has 3 aromatic rings. The van der Waals surface area contributed by atoms with Crippen LogP contribution in [0.3, 0.4) is 0 Å². The van der Waals surface area contributed by atoms with Gasteiger partial charge < -0.3 is 0 Å². The Bertz CT molecular complexity index is 1080. The molecule has 6 heteroatoms. The summed E-state index contributed by atoms with van der Waals surface area (Å²) in [5.41, 5.74) is 0.692. The van der Waals surface area contributed by atoms with Crippen molar-refractivity contribution in [2.75, 3.05) is 0 Å². The van der Waals surface area contributed by atoms with Gasteiger partial charge in [0.05, 0.1) is 11.8 Å². The van der Waals surface area contributed by atoms with Gasteiger partial charge in [0.1, 0.15) is 34.8 Å². The quantitative estimate of drug-likeness (QED) is 0.442. The Kier molecular flexibility index (Phi) is 9.28. The molecule has 0 heterocycles. The first-order valence-corrected chi connectivity index (χ1v) is 10.4. The minimum absolute atomic E-state index is 0.0184. The smallest absolute Gasteiger partial charge is 0.138 e. The fourth-order valence-electron chi connectivity index (χ4n) is 3.63. The van der Waals surface area contributed by atoms with Crippen LogP contribution in [0.4, 0.5) is 13.2 Å².